The molecule has 156 valence electrons. The molecule has 1 aromatic carbocycles. The Kier molecular flexibility index (Phi) is 6.54. The monoisotopic (exact) mass is 448 g/mol. The third kappa shape index (κ3) is 5.25. The fourth-order valence-electron chi connectivity index (χ4n) is 2.83. The second kappa shape index (κ2) is 9.67. The van der Waals surface area contributed by atoms with E-state index in [1.54, 1.807) is 29.9 Å². The maximum absolute atomic E-state index is 12.3. The van der Waals surface area contributed by atoms with Crippen LogP contribution in [0.5, 0.6) is 0 Å². The van der Waals surface area contributed by atoms with E-state index in [-0.39, 0.29) is 11.7 Å². The molecule has 0 fully saturated rings. The number of amides is 1. The Labute approximate surface area is 188 Å². The summed E-state index contributed by atoms with van der Waals surface area (Å²) in [6.07, 6.45) is 5.09. The minimum absolute atomic E-state index is 0.168. The average Bonchev–Trinajstić information content (AvgIpc) is 3.39. The number of thiophene rings is 1. The van der Waals surface area contributed by atoms with Gasteiger partial charge in [-0.15, -0.1) is 21.5 Å². The highest BCUT2D eigenvalue weighted by atomic mass is 32.2. The molecule has 0 spiro atoms. The summed E-state index contributed by atoms with van der Waals surface area (Å²) in [5.74, 6) is 0.653. The van der Waals surface area contributed by atoms with Crippen LogP contribution in [0.3, 0.4) is 0 Å². The molecule has 7 nitrogen and oxygen atoms in total. The lowest BCUT2D eigenvalue weighted by molar-refractivity contribution is -0.118. The van der Waals surface area contributed by atoms with Crippen molar-refractivity contribution < 1.29 is 4.79 Å². The number of nitrogens with zero attached hydrogens (tertiary/aromatic N) is 5. The van der Waals surface area contributed by atoms with Gasteiger partial charge in [-0.3, -0.25) is 14.3 Å². The van der Waals surface area contributed by atoms with Crippen molar-refractivity contribution in [1.82, 2.24) is 25.2 Å². The largest absolute Gasteiger partial charge is 0.272 e. The molecule has 0 aliphatic rings. The number of benzene rings is 1. The van der Waals surface area contributed by atoms with Crippen LogP contribution in [0.2, 0.25) is 0 Å². The molecular formula is C22H20N6OS2. The van der Waals surface area contributed by atoms with Crippen LogP contribution in [0, 0.1) is 13.8 Å². The van der Waals surface area contributed by atoms with Crippen molar-refractivity contribution in [3.8, 4) is 17.1 Å². The van der Waals surface area contributed by atoms with E-state index in [2.05, 4.69) is 25.7 Å². The molecule has 0 saturated heterocycles. The van der Waals surface area contributed by atoms with Gasteiger partial charge in [-0.2, -0.15) is 5.10 Å². The number of carbonyl (C=O) groups excluding carboxylic acids is 1. The number of aromatic nitrogens is 4. The van der Waals surface area contributed by atoms with Gasteiger partial charge < -0.3 is 0 Å². The minimum Gasteiger partial charge on any atom is -0.272 e. The van der Waals surface area contributed by atoms with E-state index in [0.717, 1.165) is 21.7 Å². The van der Waals surface area contributed by atoms with E-state index in [4.69, 9.17) is 0 Å². The summed E-state index contributed by atoms with van der Waals surface area (Å²) >= 11 is 2.93. The highest BCUT2D eigenvalue weighted by molar-refractivity contribution is 7.99. The molecule has 9 heteroatoms. The Morgan fingerprint density at radius 3 is 2.58 bits per heavy atom. The van der Waals surface area contributed by atoms with E-state index in [1.165, 1.54) is 16.6 Å². The van der Waals surface area contributed by atoms with Crippen molar-refractivity contribution in [3.63, 3.8) is 0 Å². The lowest BCUT2D eigenvalue weighted by Crippen LogP contribution is -2.19. The molecule has 1 amide bonds. The van der Waals surface area contributed by atoms with Gasteiger partial charge in [0.05, 0.1) is 12.0 Å². The molecule has 3 aromatic heterocycles. The van der Waals surface area contributed by atoms with Crippen LogP contribution in [0.15, 0.2) is 71.2 Å². The van der Waals surface area contributed by atoms with Gasteiger partial charge >= 0.3 is 0 Å². The number of thioether (sulfide) groups is 1. The SMILES string of the molecule is Cc1ccc(-n2c(SCC(=O)N/N=C/c3ccc(C)s3)nnc2-c2ccncc2)cc1. The predicted molar refractivity (Wildman–Crippen MR) is 125 cm³/mol. The van der Waals surface area contributed by atoms with Crippen LogP contribution in [0.25, 0.3) is 17.1 Å². The summed E-state index contributed by atoms with van der Waals surface area (Å²) in [6.45, 7) is 4.07. The van der Waals surface area contributed by atoms with Crippen LogP contribution in [-0.2, 0) is 4.79 Å². The smallest absolute Gasteiger partial charge is 0.250 e. The summed E-state index contributed by atoms with van der Waals surface area (Å²) in [5, 5.41) is 13.4. The van der Waals surface area contributed by atoms with Crippen molar-refractivity contribution >= 4 is 35.2 Å². The van der Waals surface area contributed by atoms with E-state index in [1.807, 2.05) is 66.9 Å². The van der Waals surface area contributed by atoms with Gasteiger partial charge in [0, 0.05) is 33.4 Å². The van der Waals surface area contributed by atoms with E-state index >= 15 is 0 Å². The molecule has 0 radical (unpaired) electrons. The second-order valence-electron chi connectivity index (χ2n) is 6.74. The first-order valence-electron chi connectivity index (χ1n) is 9.54. The fraction of sp³-hybridized carbons (Fsp3) is 0.136. The Morgan fingerprint density at radius 2 is 1.87 bits per heavy atom. The van der Waals surface area contributed by atoms with Crippen molar-refractivity contribution in [3.05, 3.63) is 76.2 Å². The molecule has 0 atom stereocenters. The molecule has 0 bridgehead atoms. The van der Waals surface area contributed by atoms with Gasteiger partial charge in [-0.25, -0.2) is 5.43 Å². The first-order chi connectivity index (χ1) is 15.1. The van der Waals surface area contributed by atoms with E-state index in [9.17, 15) is 4.79 Å². The lowest BCUT2D eigenvalue weighted by Gasteiger charge is -2.10. The topological polar surface area (TPSA) is 85.1 Å². The summed E-state index contributed by atoms with van der Waals surface area (Å²) in [5.41, 5.74) is 5.55. The summed E-state index contributed by atoms with van der Waals surface area (Å²) in [7, 11) is 0. The first kappa shape index (κ1) is 21.0. The maximum atomic E-state index is 12.3. The van der Waals surface area contributed by atoms with Crippen LogP contribution >= 0.6 is 23.1 Å². The number of carbonyl (C=O) groups is 1. The van der Waals surface area contributed by atoms with Crippen molar-refractivity contribution in [2.75, 3.05) is 5.75 Å². The number of rotatable bonds is 7. The molecule has 0 saturated carbocycles. The zero-order valence-electron chi connectivity index (χ0n) is 17.0. The van der Waals surface area contributed by atoms with Gasteiger partial charge in [-0.05, 0) is 50.2 Å². The number of nitrogens with one attached hydrogen (secondary N) is 1. The molecular weight excluding hydrogens is 428 g/mol. The number of aryl methyl sites for hydroxylation is 2. The Morgan fingerprint density at radius 1 is 1.10 bits per heavy atom. The number of hydrogen-bond acceptors (Lipinski definition) is 7. The Hall–Kier alpha value is -3.30. The molecule has 4 aromatic rings. The van der Waals surface area contributed by atoms with Gasteiger partial charge in [0.2, 0.25) is 0 Å². The quantitative estimate of drug-likeness (QED) is 0.260. The number of hydrogen-bond donors (Lipinski definition) is 1. The average molecular weight is 449 g/mol. The molecule has 0 aliphatic carbocycles. The zero-order valence-corrected chi connectivity index (χ0v) is 18.7. The van der Waals surface area contributed by atoms with Crippen molar-refractivity contribution in [1.29, 1.82) is 0 Å². The maximum Gasteiger partial charge on any atom is 0.250 e. The molecule has 0 unspecified atom stereocenters. The molecule has 0 aliphatic heterocycles. The van der Waals surface area contributed by atoms with Crippen LogP contribution in [0.4, 0.5) is 0 Å². The van der Waals surface area contributed by atoms with Crippen LogP contribution in [-0.4, -0.2) is 37.6 Å². The third-order valence-electron chi connectivity index (χ3n) is 4.34. The summed E-state index contributed by atoms with van der Waals surface area (Å²) in [4.78, 5) is 18.5. The molecule has 3 heterocycles. The highest BCUT2D eigenvalue weighted by Gasteiger charge is 2.17. The normalized spacial score (nSPS) is 11.2. The van der Waals surface area contributed by atoms with Crippen molar-refractivity contribution in [2.45, 2.75) is 19.0 Å². The zero-order chi connectivity index (χ0) is 21.6. The fourth-order valence-corrected chi connectivity index (χ4v) is 4.32. The third-order valence-corrected chi connectivity index (χ3v) is 6.20. The van der Waals surface area contributed by atoms with E-state index in [0.29, 0.717) is 11.0 Å². The second-order valence-corrected chi connectivity index (χ2v) is 9.01. The van der Waals surface area contributed by atoms with Crippen molar-refractivity contribution in [2.24, 2.45) is 5.10 Å². The van der Waals surface area contributed by atoms with Gasteiger partial charge in [0.25, 0.3) is 5.91 Å². The van der Waals surface area contributed by atoms with E-state index < -0.39 is 0 Å². The molecule has 31 heavy (non-hydrogen) atoms. The number of hydrazone groups is 1. The standard InChI is InChI=1S/C22H20N6OS2/c1-15-3-6-18(7-4-15)28-21(17-9-11-23-12-10-17)26-27-22(28)30-14-20(29)25-24-13-19-8-5-16(2)31-19/h3-13H,14H2,1-2H3,(H,25,29)/b24-13+. The number of pyridine rings is 1. The van der Waals surface area contributed by atoms with Crippen LogP contribution in [0.1, 0.15) is 15.3 Å². The predicted octanol–water partition coefficient (Wildman–Crippen LogP) is 4.25. The minimum atomic E-state index is -0.210. The molecule has 1 N–H and O–H groups in total. The molecule has 4 rings (SSSR count). The first-order valence-corrected chi connectivity index (χ1v) is 11.3. The summed E-state index contributed by atoms with van der Waals surface area (Å²) in [6, 6.07) is 15.9. The lowest BCUT2D eigenvalue weighted by atomic mass is 10.2. The van der Waals surface area contributed by atoms with Gasteiger partial charge in [-0.1, -0.05) is 29.5 Å². The Balaban J connectivity index is 1.51. The highest BCUT2D eigenvalue weighted by Crippen LogP contribution is 2.27. The summed E-state index contributed by atoms with van der Waals surface area (Å²) < 4.78 is 1.95. The van der Waals surface area contributed by atoms with Gasteiger partial charge in [0.1, 0.15) is 0 Å². The van der Waals surface area contributed by atoms with Gasteiger partial charge in [0.15, 0.2) is 11.0 Å². The van der Waals surface area contributed by atoms with Crippen LogP contribution < -0.4 is 5.43 Å². The Bertz CT molecular complexity index is 1200.